The van der Waals surface area contributed by atoms with Crippen LogP contribution in [0.25, 0.3) is 0 Å². The van der Waals surface area contributed by atoms with Gasteiger partial charge in [0.05, 0.1) is 17.7 Å². The number of fused-ring (bicyclic) bond motifs is 6. The van der Waals surface area contributed by atoms with Gasteiger partial charge in [-0.05, 0) is 78.5 Å². The topological polar surface area (TPSA) is 145 Å². The molecule has 0 amide bonds. The van der Waals surface area contributed by atoms with Crippen molar-refractivity contribution in [3.05, 3.63) is 81.7 Å². The van der Waals surface area contributed by atoms with Crippen LogP contribution in [-0.2, 0) is 17.6 Å². The van der Waals surface area contributed by atoms with Crippen molar-refractivity contribution in [2.24, 2.45) is 33.7 Å². The fourth-order valence-corrected chi connectivity index (χ4v) is 9.29. The van der Waals surface area contributed by atoms with Crippen LogP contribution in [0.4, 0.5) is 0 Å². The molecule has 296 valence electrons. The molecule has 6 atom stereocenters. The molecule has 4 heterocycles. The summed E-state index contributed by atoms with van der Waals surface area (Å²) in [5.74, 6) is 10.9. The van der Waals surface area contributed by atoms with E-state index in [-0.39, 0.29) is 17.6 Å². The molecule has 5 aliphatic rings. The van der Waals surface area contributed by atoms with E-state index in [9.17, 15) is 15.0 Å². The summed E-state index contributed by atoms with van der Waals surface area (Å²) in [7, 11) is 0. The van der Waals surface area contributed by atoms with Crippen molar-refractivity contribution < 1.29 is 29.4 Å². The van der Waals surface area contributed by atoms with Crippen molar-refractivity contribution in [1.82, 2.24) is 0 Å². The first-order chi connectivity index (χ1) is 27.2. The number of rotatable bonds is 14. The number of carbonyl (C=O) groups excluding carboxylic acids is 1. The SMILES string of the molecule is CCCCC[C@@H](O)[C@@H](CCCCC)C(=O)CCc1ccc2c(c1)O[C@H]1[C@@H](C#C[C@H](O)c3ccc(C(N)N)cc3CC3=C4C[NH+]1C=C4N=C3)C1(C#CO2)CCCC1. The number of aliphatic hydroxyl groups is 2. The highest BCUT2D eigenvalue weighted by Crippen LogP contribution is 2.47. The third kappa shape index (κ3) is 8.69. The molecule has 0 radical (unpaired) electrons. The second-order valence-electron chi connectivity index (χ2n) is 16.5. The summed E-state index contributed by atoms with van der Waals surface area (Å²) in [5, 5.41) is 22.8. The fourth-order valence-electron chi connectivity index (χ4n) is 9.29. The van der Waals surface area contributed by atoms with Crippen molar-refractivity contribution in [3.8, 4) is 35.4 Å². The molecular formula is C47H59N4O5+. The number of unbranched alkanes of at least 4 members (excludes halogenated alkanes) is 4. The number of ketones is 1. The number of ether oxygens (including phenoxy) is 2. The first-order valence-electron chi connectivity index (χ1n) is 21.1. The summed E-state index contributed by atoms with van der Waals surface area (Å²) in [5.41, 5.74) is 18.2. The standard InChI is InChI=1S/C47H58N4O5/c1-3-5-7-11-36(40(52)12-8-6-4-2)42(54)18-13-31-14-20-43-44(25-31)56-46-38(47(23-24-55-43)21-9-10-22-47)17-19-41(53)35-16-15-32(45(48)49)26-33(35)27-34-28-50-39-30-51(46)29-37(34)39/h14-16,20,25-26,28,30,36,38,40-41,45-46,52-53H,3-13,18,21-22,27,29,48-49H2,1-2H3/p+1/t36-,38-,40-,41+,46+/m1/s1. The van der Waals surface area contributed by atoms with E-state index in [4.69, 9.17) is 25.9 Å². The number of nitrogens with one attached hydrogen (secondary N) is 1. The molecule has 1 fully saturated rings. The van der Waals surface area contributed by atoms with E-state index in [1.807, 2.05) is 42.6 Å². The molecule has 7 N–H and O–H groups in total. The second kappa shape index (κ2) is 17.9. The number of nitrogens with two attached hydrogens (primary N) is 2. The van der Waals surface area contributed by atoms with Gasteiger partial charge in [-0.2, -0.15) is 0 Å². The molecule has 4 aliphatic heterocycles. The molecule has 2 bridgehead atoms. The maximum Gasteiger partial charge on any atom is 0.252 e. The molecule has 9 heteroatoms. The van der Waals surface area contributed by atoms with Crippen molar-refractivity contribution >= 4 is 12.0 Å². The van der Waals surface area contributed by atoms with Crippen LogP contribution >= 0.6 is 0 Å². The van der Waals surface area contributed by atoms with E-state index >= 15 is 0 Å². The minimum absolute atomic E-state index is 0.126. The number of Topliss-reactive ketones (excluding diaryl/α,β-unsaturated/α-hetero) is 1. The van der Waals surface area contributed by atoms with Gasteiger partial charge in [0.1, 0.15) is 42.4 Å². The molecule has 1 aliphatic carbocycles. The average Bonchev–Trinajstić information content (AvgIpc) is 3.94. The maximum atomic E-state index is 13.7. The number of carbonyl (C=O) groups is 1. The molecule has 9 nitrogen and oxygen atoms in total. The van der Waals surface area contributed by atoms with E-state index < -0.39 is 30.0 Å². The number of hydrogen-bond donors (Lipinski definition) is 5. The van der Waals surface area contributed by atoms with Gasteiger partial charge in [0.15, 0.2) is 11.5 Å². The third-order valence-corrected chi connectivity index (χ3v) is 12.6. The van der Waals surface area contributed by atoms with Crippen LogP contribution in [0.2, 0.25) is 0 Å². The molecule has 1 saturated carbocycles. The van der Waals surface area contributed by atoms with Crippen LogP contribution in [0.1, 0.15) is 132 Å². The molecule has 1 spiro atoms. The molecule has 2 aromatic rings. The van der Waals surface area contributed by atoms with Crippen LogP contribution in [0, 0.1) is 41.1 Å². The summed E-state index contributed by atoms with van der Waals surface area (Å²) < 4.78 is 13.3. The van der Waals surface area contributed by atoms with Gasteiger partial charge in [-0.15, -0.1) is 0 Å². The minimum atomic E-state index is -1.05. The summed E-state index contributed by atoms with van der Waals surface area (Å²) in [6, 6.07) is 11.6. The number of allylic oxidation sites excluding steroid dienone is 1. The number of nitrogens with zero attached hydrogens (tertiary/aromatic N) is 1. The van der Waals surface area contributed by atoms with Crippen LogP contribution in [0.3, 0.4) is 0 Å². The predicted molar refractivity (Wildman–Crippen MR) is 218 cm³/mol. The van der Waals surface area contributed by atoms with E-state index in [1.165, 1.54) is 0 Å². The Balaban J connectivity index is 1.22. The van der Waals surface area contributed by atoms with Crippen LogP contribution in [-0.4, -0.2) is 41.1 Å². The lowest BCUT2D eigenvalue weighted by Crippen LogP contribution is -3.12. The molecule has 0 aromatic heterocycles. The largest absolute Gasteiger partial charge is 0.437 e. The highest BCUT2D eigenvalue weighted by Gasteiger charge is 2.51. The van der Waals surface area contributed by atoms with Gasteiger partial charge in [0, 0.05) is 24.1 Å². The lowest BCUT2D eigenvalue weighted by molar-refractivity contribution is -0.891. The number of aryl methyl sites for hydroxylation is 1. The Bertz CT molecular complexity index is 1990. The Morgan fingerprint density at radius 1 is 1.02 bits per heavy atom. The highest BCUT2D eigenvalue weighted by atomic mass is 16.5. The zero-order chi connectivity index (χ0) is 39.2. The average molecular weight is 760 g/mol. The monoisotopic (exact) mass is 759 g/mol. The Morgan fingerprint density at radius 3 is 2.57 bits per heavy atom. The quantitative estimate of drug-likeness (QED) is 0.0918. The Hall–Kier alpha value is -4.22. The third-order valence-electron chi connectivity index (χ3n) is 12.6. The zero-order valence-electron chi connectivity index (χ0n) is 33.1. The number of benzene rings is 2. The summed E-state index contributed by atoms with van der Waals surface area (Å²) >= 11 is 0. The van der Waals surface area contributed by atoms with E-state index in [0.717, 1.165) is 115 Å². The molecule has 7 rings (SSSR count). The van der Waals surface area contributed by atoms with Gasteiger partial charge < -0.3 is 31.2 Å². The number of hydrogen-bond acceptors (Lipinski definition) is 8. The van der Waals surface area contributed by atoms with Crippen LogP contribution < -0.4 is 25.8 Å². The highest BCUT2D eigenvalue weighted by molar-refractivity contribution is 5.87. The predicted octanol–water partition coefficient (Wildman–Crippen LogP) is 5.89. The van der Waals surface area contributed by atoms with Crippen molar-refractivity contribution in [2.75, 3.05) is 6.54 Å². The van der Waals surface area contributed by atoms with Gasteiger partial charge in [-0.3, -0.25) is 14.7 Å². The van der Waals surface area contributed by atoms with Crippen molar-refractivity contribution in [2.45, 2.75) is 135 Å². The Kier molecular flexibility index (Phi) is 12.8. The summed E-state index contributed by atoms with van der Waals surface area (Å²) in [4.78, 5) is 19.7. The lowest BCUT2D eigenvalue weighted by Gasteiger charge is -2.36. The first kappa shape index (κ1) is 40.0. The van der Waals surface area contributed by atoms with Crippen LogP contribution in [0.15, 0.2) is 64.4 Å². The first-order valence-corrected chi connectivity index (χ1v) is 21.1. The van der Waals surface area contributed by atoms with E-state index in [1.54, 1.807) is 0 Å². The molecule has 2 aromatic carbocycles. The van der Waals surface area contributed by atoms with Crippen molar-refractivity contribution in [3.63, 3.8) is 0 Å². The lowest BCUT2D eigenvalue weighted by atomic mass is 9.73. The Labute approximate surface area is 332 Å². The van der Waals surface area contributed by atoms with E-state index in [2.05, 4.69) is 43.9 Å². The van der Waals surface area contributed by atoms with E-state index in [0.29, 0.717) is 43.7 Å². The molecular weight excluding hydrogens is 701 g/mol. The maximum absolute atomic E-state index is 13.7. The molecule has 1 unspecified atom stereocenters. The number of quaternary nitrogens is 1. The molecule has 0 saturated heterocycles. The van der Waals surface area contributed by atoms with Crippen LogP contribution in [0.5, 0.6) is 11.5 Å². The summed E-state index contributed by atoms with van der Waals surface area (Å²) in [6.45, 7) is 4.97. The second-order valence-corrected chi connectivity index (χ2v) is 16.5. The minimum Gasteiger partial charge on any atom is -0.437 e. The number of aliphatic hydroxyl groups excluding tert-OH is 2. The van der Waals surface area contributed by atoms with Gasteiger partial charge >= 0.3 is 0 Å². The van der Waals surface area contributed by atoms with Gasteiger partial charge in [-0.25, -0.2) is 0 Å². The Morgan fingerprint density at radius 2 is 1.80 bits per heavy atom. The van der Waals surface area contributed by atoms with Gasteiger partial charge in [0.25, 0.3) is 6.23 Å². The fraction of sp³-hybridized carbons (Fsp3) is 0.532. The normalized spacial score (nSPS) is 23.9. The van der Waals surface area contributed by atoms with Crippen molar-refractivity contribution in [1.29, 1.82) is 0 Å². The summed E-state index contributed by atoms with van der Waals surface area (Å²) in [6.07, 6.45) is 17.1. The zero-order valence-corrected chi connectivity index (χ0v) is 33.1. The smallest absolute Gasteiger partial charge is 0.252 e. The van der Waals surface area contributed by atoms with Gasteiger partial charge in [0.2, 0.25) is 0 Å². The number of aliphatic imine (C=N–C) groups is 1. The van der Waals surface area contributed by atoms with Gasteiger partial charge in [-0.1, -0.05) is 107 Å². The molecule has 56 heavy (non-hydrogen) atoms.